The van der Waals surface area contributed by atoms with Crippen molar-refractivity contribution in [1.82, 2.24) is 9.62 Å². The van der Waals surface area contributed by atoms with Crippen molar-refractivity contribution in [1.29, 1.82) is 0 Å². The lowest BCUT2D eigenvalue weighted by Crippen LogP contribution is -2.39. The predicted molar refractivity (Wildman–Crippen MR) is 82.5 cm³/mol. The number of nitrogens with one attached hydrogen (secondary N) is 1. The summed E-state index contributed by atoms with van der Waals surface area (Å²) in [6.45, 7) is 4.69. The molecule has 0 aliphatic heterocycles. The summed E-state index contributed by atoms with van der Waals surface area (Å²) in [5, 5.41) is 0.287. The van der Waals surface area contributed by atoms with Gasteiger partial charge in [-0.1, -0.05) is 17.7 Å². The maximum atomic E-state index is 12.1. The quantitative estimate of drug-likeness (QED) is 0.777. The highest BCUT2D eigenvalue weighted by Gasteiger charge is 2.18. The van der Waals surface area contributed by atoms with Crippen LogP contribution in [0.3, 0.4) is 0 Å². The molecule has 0 aliphatic rings. The Morgan fingerprint density at radius 3 is 2.43 bits per heavy atom. The number of carbonyl (C=O) groups is 1. The molecule has 118 valence electrons. The zero-order valence-electron chi connectivity index (χ0n) is 12.1. The molecule has 8 heteroatoms. The number of sulfonamides is 1. The minimum absolute atomic E-state index is 0.0112. The van der Waals surface area contributed by atoms with Crippen molar-refractivity contribution in [3.8, 4) is 0 Å². The minimum Gasteiger partial charge on any atom is -0.342 e. The van der Waals surface area contributed by atoms with Crippen LogP contribution < -0.4 is 10.5 Å². The zero-order chi connectivity index (χ0) is 16.0. The first kappa shape index (κ1) is 17.9. The molecule has 1 rings (SSSR count). The van der Waals surface area contributed by atoms with E-state index in [0.717, 1.165) is 0 Å². The molecule has 0 aromatic heterocycles. The van der Waals surface area contributed by atoms with Gasteiger partial charge in [-0.2, -0.15) is 0 Å². The van der Waals surface area contributed by atoms with Gasteiger partial charge in [-0.15, -0.1) is 0 Å². The van der Waals surface area contributed by atoms with Gasteiger partial charge in [-0.3, -0.25) is 4.79 Å². The molecule has 0 aliphatic carbocycles. The van der Waals surface area contributed by atoms with Crippen LogP contribution in [0.5, 0.6) is 0 Å². The maximum Gasteiger partial charge on any atom is 0.241 e. The fourth-order valence-corrected chi connectivity index (χ4v) is 3.11. The van der Waals surface area contributed by atoms with Crippen molar-refractivity contribution >= 4 is 27.5 Å². The summed E-state index contributed by atoms with van der Waals surface area (Å²) in [4.78, 5) is 13.4. The molecule has 0 unspecified atom stereocenters. The number of nitrogens with two attached hydrogens (primary N) is 1. The predicted octanol–water partition coefficient (Wildman–Crippen LogP) is 0.945. The highest BCUT2D eigenvalue weighted by molar-refractivity contribution is 7.89. The number of rotatable bonds is 7. The normalized spacial score (nSPS) is 11.4. The summed E-state index contributed by atoms with van der Waals surface area (Å²) in [6.07, 6.45) is 0. The van der Waals surface area contributed by atoms with E-state index in [1.807, 2.05) is 13.8 Å². The molecule has 0 fully saturated rings. The maximum absolute atomic E-state index is 12.1. The Kier molecular flexibility index (Phi) is 6.60. The van der Waals surface area contributed by atoms with Gasteiger partial charge in [0.15, 0.2) is 0 Å². The molecule has 1 aromatic carbocycles. The van der Waals surface area contributed by atoms with Gasteiger partial charge in [0.25, 0.3) is 0 Å². The van der Waals surface area contributed by atoms with Gasteiger partial charge in [0.1, 0.15) is 0 Å². The van der Waals surface area contributed by atoms with E-state index in [0.29, 0.717) is 18.7 Å². The highest BCUT2D eigenvalue weighted by Crippen LogP contribution is 2.20. The topological polar surface area (TPSA) is 92.5 Å². The molecule has 0 radical (unpaired) electrons. The van der Waals surface area contributed by atoms with Crippen LogP contribution >= 0.6 is 11.6 Å². The number of benzene rings is 1. The molecule has 0 atom stereocenters. The largest absolute Gasteiger partial charge is 0.342 e. The van der Waals surface area contributed by atoms with Gasteiger partial charge in [0.2, 0.25) is 15.9 Å². The van der Waals surface area contributed by atoms with Crippen molar-refractivity contribution in [3.63, 3.8) is 0 Å². The van der Waals surface area contributed by atoms with Crippen molar-refractivity contribution in [3.05, 3.63) is 28.8 Å². The molecule has 1 aromatic rings. The lowest BCUT2D eigenvalue weighted by atomic mass is 10.2. The third-order valence-electron chi connectivity index (χ3n) is 3.08. The molecule has 0 heterocycles. The van der Waals surface area contributed by atoms with Crippen molar-refractivity contribution in [2.24, 2.45) is 5.73 Å². The molecule has 0 saturated heterocycles. The Labute approximate surface area is 130 Å². The summed E-state index contributed by atoms with van der Waals surface area (Å²) in [7, 11) is -3.78. The van der Waals surface area contributed by atoms with Gasteiger partial charge in [-0.05, 0) is 31.5 Å². The second-order valence-electron chi connectivity index (χ2n) is 4.35. The van der Waals surface area contributed by atoms with Gasteiger partial charge < -0.3 is 10.6 Å². The second-order valence-corrected chi connectivity index (χ2v) is 6.52. The van der Waals surface area contributed by atoms with E-state index in [2.05, 4.69) is 4.72 Å². The van der Waals surface area contributed by atoms with E-state index in [1.165, 1.54) is 12.1 Å². The second kappa shape index (κ2) is 7.74. The highest BCUT2D eigenvalue weighted by atomic mass is 35.5. The summed E-state index contributed by atoms with van der Waals surface area (Å²) in [6, 6.07) is 4.30. The number of hydrogen-bond acceptors (Lipinski definition) is 4. The van der Waals surface area contributed by atoms with Crippen LogP contribution in [-0.2, 0) is 21.4 Å². The SMILES string of the molecule is CCN(CC)C(=O)CNS(=O)(=O)c1ccc(CN)c(Cl)c1. The molecule has 0 saturated carbocycles. The van der Waals surface area contributed by atoms with Crippen LogP contribution in [0, 0.1) is 0 Å². The van der Waals surface area contributed by atoms with Crippen LogP contribution in [0.15, 0.2) is 23.1 Å². The zero-order valence-corrected chi connectivity index (χ0v) is 13.7. The van der Waals surface area contributed by atoms with Crippen LogP contribution in [0.2, 0.25) is 5.02 Å². The van der Waals surface area contributed by atoms with Gasteiger partial charge >= 0.3 is 0 Å². The molecule has 21 heavy (non-hydrogen) atoms. The molecule has 0 spiro atoms. The van der Waals surface area contributed by atoms with Crippen molar-refractivity contribution in [2.75, 3.05) is 19.6 Å². The van der Waals surface area contributed by atoms with Crippen molar-refractivity contribution in [2.45, 2.75) is 25.3 Å². The molecule has 0 bridgehead atoms. The molecule has 3 N–H and O–H groups in total. The number of hydrogen-bond donors (Lipinski definition) is 2. The lowest BCUT2D eigenvalue weighted by Gasteiger charge is -2.18. The fourth-order valence-electron chi connectivity index (χ4n) is 1.79. The first-order valence-corrected chi connectivity index (χ1v) is 8.47. The van der Waals surface area contributed by atoms with E-state index in [9.17, 15) is 13.2 Å². The Hall–Kier alpha value is -1.15. The smallest absolute Gasteiger partial charge is 0.241 e. The van der Waals surface area contributed by atoms with Crippen LogP contribution in [0.4, 0.5) is 0 Å². The number of halogens is 1. The minimum atomic E-state index is -3.78. The van der Waals surface area contributed by atoms with E-state index in [4.69, 9.17) is 17.3 Å². The summed E-state index contributed by atoms with van der Waals surface area (Å²) in [5.41, 5.74) is 6.13. The first-order chi connectivity index (χ1) is 9.85. The summed E-state index contributed by atoms with van der Waals surface area (Å²) >= 11 is 5.95. The third-order valence-corrected chi connectivity index (χ3v) is 4.84. The number of nitrogens with zero attached hydrogens (tertiary/aromatic N) is 1. The number of likely N-dealkylation sites (N-methyl/N-ethyl adjacent to an activating group) is 1. The van der Waals surface area contributed by atoms with Gasteiger partial charge in [0.05, 0.1) is 11.4 Å². The average molecular weight is 334 g/mol. The van der Waals surface area contributed by atoms with E-state index in [-0.39, 0.29) is 28.9 Å². The van der Waals surface area contributed by atoms with Crippen LogP contribution in [0.1, 0.15) is 19.4 Å². The molecule has 6 nitrogen and oxygen atoms in total. The van der Waals surface area contributed by atoms with Crippen LogP contribution in [-0.4, -0.2) is 38.9 Å². The summed E-state index contributed by atoms with van der Waals surface area (Å²) in [5.74, 6) is -0.270. The van der Waals surface area contributed by atoms with Gasteiger partial charge in [-0.25, -0.2) is 13.1 Å². The Morgan fingerprint density at radius 1 is 1.33 bits per heavy atom. The fraction of sp³-hybridized carbons (Fsp3) is 0.462. The third kappa shape index (κ3) is 4.67. The molecular weight excluding hydrogens is 314 g/mol. The van der Waals surface area contributed by atoms with Crippen LogP contribution in [0.25, 0.3) is 0 Å². The lowest BCUT2D eigenvalue weighted by molar-refractivity contribution is -0.129. The summed E-state index contributed by atoms with van der Waals surface area (Å²) < 4.78 is 26.5. The van der Waals surface area contributed by atoms with Crippen molar-refractivity contribution < 1.29 is 13.2 Å². The molecular formula is C13H20ClN3O3S. The Bertz CT molecular complexity index is 601. The van der Waals surface area contributed by atoms with E-state index < -0.39 is 10.0 Å². The Balaban J connectivity index is 2.83. The van der Waals surface area contributed by atoms with E-state index >= 15 is 0 Å². The van der Waals surface area contributed by atoms with Gasteiger partial charge in [0, 0.05) is 24.7 Å². The number of amides is 1. The Morgan fingerprint density at radius 2 is 1.95 bits per heavy atom. The standard InChI is InChI=1S/C13H20ClN3O3S/c1-3-17(4-2)13(18)9-16-21(19,20)11-6-5-10(8-15)12(14)7-11/h5-7,16H,3-4,8-9,15H2,1-2H3. The molecule has 1 amide bonds. The first-order valence-electron chi connectivity index (χ1n) is 6.61. The number of carbonyl (C=O) groups excluding carboxylic acids is 1. The van der Waals surface area contributed by atoms with E-state index in [1.54, 1.807) is 11.0 Å². The monoisotopic (exact) mass is 333 g/mol. The average Bonchev–Trinajstić information content (AvgIpc) is 2.46.